The highest BCUT2D eigenvalue weighted by Gasteiger charge is 2.13. The molecule has 0 radical (unpaired) electrons. The van der Waals surface area contributed by atoms with Crippen LogP contribution in [0.25, 0.3) is 0 Å². The highest BCUT2D eigenvalue weighted by molar-refractivity contribution is 5.78. The van der Waals surface area contributed by atoms with Crippen molar-refractivity contribution in [3.8, 4) is 0 Å². The lowest BCUT2D eigenvalue weighted by molar-refractivity contribution is -0.130. The Bertz CT molecular complexity index is 571. The van der Waals surface area contributed by atoms with Gasteiger partial charge in [-0.25, -0.2) is 0 Å². The van der Waals surface area contributed by atoms with Crippen LogP contribution in [0.2, 0.25) is 0 Å². The molecular formula is C19H29N3O3. The summed E-state index contributed by atoms with van der Waals surface area (Å²) >= 11 is 0. The lowest BCUT2D eigenvalue weighted by atomic mass is 10.1. The van der Waals surface area contributed by atoms with E-state index in [9.17, 15) is 9.59 Å². The summed E-state index contributed by atoms with van der Waals surface area (Å²) in [5, 5.41) is 2.94. The lowest BCUT2D eigenvalue weighted by Gasteiger charge is -2.26. The molecule has 0 saturated carbocycles. The molecule has 1 aliphatic heterocycles. The Morgan fingerprint density at radius 3 is 2.72 bits per heavy atom. The summed E-state index contributed by atoms with van der Waals surface area (Å²) in [5.41, 5.74) is 2.25. The first kappa shape index (κ1) is 19.4. The number of hydrogen-bond acceptors (Lipinski definition) is 4. The van der Waals surface area contributed by atoms with E-state index in [0.717, 1.165) is 38.4 Å². The monoisotopic (exact) mass is 347 g/mol. The summed E-state index contributed by atoms with van der Waals surface area (Å²) < 4.78 is 5.30. The Balaban J connectivity index is 1.70. The maximum atomic E-state index is 12.0. The third-order valence-electron chi connectivity index (χ3n) is 4.36. The molecule has 1 aliphatic rings. The van der Waals surface area contributed by atoms with Crippen LogP contribution in [0.4, 0.5) is 0 Å². The van der Waals surface area contributed by atoms with Crippen molar-refractivity contribution in [2.75, 3.05) is 45.9 Å². The van der Waals surface area contributed by atoms with Crippen LogP contribution >= 0.6 is 0 Å². The number of carbonyl (C=O) groups excluding carboxylic acids is 2. The number of benzene rings is 1. The van der Waals surface area contributed by atoms with E-state index in [1.54, 1.807) is 11.8 Å². The van der Waals surface area contributed by atoms with Crippen molar-refractivity contribution in [1.82, 2.24) is 15.1 Å². The van der Waals surface area contributed by atoms with Crippen LogP contribution in [0.5, 0.6) is 0 Å². The van der Waals surface area contributed by atoms with Gasteiger partial charge in [-0.2, -0.15) is 0 Å². The number of hydrogen-bond donors (Lipinski definition) is 1. The van der Waals surface area contributed by atoms with Gasteiger partial charge in [-0.1, -0.05) is 29.8 Å². The standard InChI is InChI=1S/C19H29N3O3/c1-16-4-3-5-18(14-16)15-22(17(2)23)8-6-19(24)20-7-9-21-10-12-25-13-11-21/h3-5,14H,6-13,15H2,1-2H3,(H,20,24). The second-order valence-corrected chi connectivity index (χ2v) is 6.48. The van der Waals surface area contributed by atoms with E-state index in [2.05, 4.69) is 16.3 Å². The first-order valence-electron chi connectivity index (χ1n) is 8.92. The van der Waals surface area contributed by atoms with E-state index >= 15 is 0 Å². The molecule has 6 nitrogen and oxygen atoms in total. The minimum atomic E-state index is -0.0115. The molecule has 1 heterocycles. The SMILES string of the molecule is CC(=O)N(CCC(=O)NCCN1CCOCC1)Cc1cccc(C)c1. The van der Waals surface area contributed by atoms with Gasteiger partial charge in [-0.15, -0.1) is 0 Å². The molecule has 2 rings (SSSR count). The molecule has 0 aromatic heterocycles. The van der Waals surface area contributed by atoms with Crippen LogP contribution in [0, 0.1) is 6.92 Å². The number of aryl methyl sites for hydroxylation is 1. The van der Waals surface area contributed by atoms with Crippen LogP contribution in [0.1, 0.15) is 24.5 Å². The highest BCUT2D eigenvalue weighted by Crippen LogP contribution is 2.08. The maximum Gasteiger partial charge on any atom is 0.221 e. The van der Waals surface area contributed by atoms with Crippen molar-refractivity contribution < 1.29 is 14.3 Å². The van der Waals surface area contributed by atoms with Crippen molar-refractivity contribution in [1.29, 1.82) is 0 Å². The summed E-state index contributed by atoms with van der Waals surface area (Å²) in [6, 6.07) is 8.09. The number of morpholine rings is 1. The maximum absolute atomic E-state index is 12.0. The molecule has 0 spiro atoms. The fourth-order valence-electron chi connectivity index (χ4n) is 2.88. The number of carbonyl (C=O) groups is 2. The summed E-state index contributed by atoms with van der Waals surface area (Å²) in [6.45, 7) is 9.40. The molecule has 138 valence electrons. The van der Waals surface area contributed by atoms with Crippen molar-refractivity contribution in [3.63, 3.8) is 0 Å². The van der Waals surface area contributed by atoms with Gasteiger partial charge < -0.3 is 15.0 Å². The molecule has 1 fully saturated rings. The van der Waals surface area contributed by atoms with Crippen LogP contribution in [0.3, 0.4) is 0 Å². The number of nitrogens with one attached hydrogen (secondary N) is 1. The molecule has 1 aromatic rings. The second kappa shape index (κ2) is 10.2. The van der Waals surface area contributed by atoms with Gasteiger partial charge in [-0.3, -0.25) is 14.5 Å². The Morgan fingerprint density at radius 1 is 1.28 bits per heavy atom. The normalized spacial score (nSPS) is 15.0. The second-order valence-electron chi connectivity index (χ2n) is 6.48. The summed E-state index contributed by atoms with van der Waals surface area (Å²) in [4.78, 5) is 27.9. The molecule has 0 aliphatic carbocycles. The van der Waals surface area contributed by atoms with Gasteiger partial charge in [0.1, 0.15) is 0 Å². The number of nitrogens with zero attached hydrogens (tertiary/aromatic N) is 2. The molecule has 0 bridgehead atoms. The smallest absolute Gasteiger partial charge is 0.221 e. The van der Waals surface area contributed by atoms with Gasteiger partial charge in [0.2, 0.25) is 11.8 Å². The first-order valence-corrected chi connectivity index (χ1v) is 8.92. The molecule has 6 heteroatoms. The van der Waals surface area contributed by atoms with Crippen molar-refractivity contribution in [2.24, 2.45) is 0 Å². The topological polar surface area (TPSA) is 61.9 Å². The van der Waals surface area contributed by atoms with E-state index in [1.165, 1.54) is 5.56 Å². The third-order valence-corrected chi connectivity index (χ3v) is 4.36. The fourth-order valence-corrected chi connectivity index (χ4v) is 2.88. The quantitative estimate of drug-likeness (QED) is 0.767. The van der Waals surface area contributed by atoms with Crippen LogP contribution < -0.4 is 5.32 Å². The predicted molar refractivity (Wildman–Crippen MR) is 97.2 cm³/mol. The molecule has 2 amide bonds. The lowest BCUT2D eigenvalue weighted by Crippen LogP contribution is -2.41. The van der Waals surface area contributed by atoms with Crippen molar-refractivity contribution in [3.05, 3.63) is 35.4 Å². The number of ether oxygens (including phenoxy) is 1. The number of rotatable bonds is 8. The van der Waals surface area contributed by atoms with Crippen molar-refractivity contribution in [2.45, 2.75) is 26.8 Å². The zero-order valence-electron chi connectivity index (χ0n) is 15.3. The molecule has 1 saturated heterocycles. The number of amides is 2. The molecule has 25 heavy (non-hydrogen) atoms. The predicted octanol–water partition coefficient (Wildman–Crippen LogP) is 1.18. The Hall–Kier alpha value is -1.92. The van der Waals surface area contributed by atoms with Gasteiger partial charge in [0.15, 0.2) is 0 Å². The Morgan fingerprint density at radius 2 is 2.04 bits per heavy atom. The van der Waals surface area contributed by atoms with E-state index in [-0.39, 0.29) is 11.8 Å². The fraction of sp³-hybridized carbons (Fsp3) is 0.579. The first-order chi connectivity index (χ1) is 12.0. The average Bonchev–Trinajstić information content (AvgIpc) is 2.59. The molecular weight excluding hydrogens is 318 g/mol. The van der Waals surface area contributed by atoms with Crippen molar-refractivity contribution >= 4 is 11.8 Å². The van der Waals surface area contributed by atoms with Gasteiger partial charge in [0, 0.05) is 52.6 Å². The zero-order valence-corrected chi connectivity index (χ0v) is 15.3. The minimum absolute atomic E-state index is 0.0104. The average molecular weight is 347 g/mol. The van der Waals surface area contributed by atoms with E-state index < -0.39 is 0 Å². The summed E-state index contributed by atoms with van der Waals surface area (Å²) in [7, 11) is 0. The van der Waals surface area contributed by atoms with Gasteiger partial charge in [-0.05, 0) is 12.5 Å². The molecule has 1 N–H and O–H groups in total. The molecule has 1 aromatic carbocycles. The summed E-state index contributed by atoms with van der Waals surface area (Å²) in [5.74, 6) is -0.0219. The zero-order chi connectivity index (χ0) is 18.1. The van der Waals surface area contributed by atoms with Crippen LogP contribution in [0.15, 0.2) is 24.3 Å². The van der Waals surface area contributed by atoms with Gasteiger partial charge >= 0.3 is 0 Å². The van der Waals surface area contributed by atoms with E-state index in [1.807, 2.05) is 25.1 Å². The van der Waals surface area contributed by atoms with Gasteiger partial charge in [0.05, 0.1) is 13.2 Å². The minimum Gasteiger partial charge on any atom is -0.379 e. The van der Waals surface area contributed by atoms with E-state index in [0.29, 0.717) is 26.1 Å². The van der Waals surface area contributed by atoms with Crippen LogP contribution in [-0.4, -0.2) is 67.6 Å². The highest BCUT2D eigenvalue weighted by atomic mass is 16.5. The summed E-state index contributed by atoms with van der Waals surface area (Å²) in [6.07, 6.45) is 0.328. The largest absolute Gasteiger partial charge is 0.379 e. The van der Waals surface area contributed by atoms with Crippen LogP contribution in [-0.2, 0) is 20.9 Å². The van der Waals surface area contributed by atoms with Gasteiger partial charge in [0.25, 0.3) is 0 Å². The van der Waals surface area contributed by atoms with E-state index in [4.69, 9.17) is 4.74 Å². The third kappa shape index (κ3) is 7.23. The molecule has 0 unspecified atom stereocenters. The Kier molecular flexibility index (Phi) is 7.88. The molecule has 0 atom stereocenters. The Labute approximate surface area is 150 Å².